The van der Waals surface area contributed by atoms with E-state index in [1.54, 1.807) is 42.5 Å². The third kappa shape index (κ3) is 3.90. The number of amides is 1. The second kappa shape index (κ2) is 7.91. The molecule has 1 fully saturated rings. The number of sulfonamides is 1. The average Bonchev–Trinajstić information content (AvgIpc) is 2.69. The van der Waals surface area contributed by atoms with Gasteiger partial charge in [-0.05, 0) is 37.1 Å². The molecule has 0 aliphatic heterocycles. The summed E-state index contributed by atoms with van der Waals surface area (Å²) in [5.41, 5.74) is 0.746. The molecule has 1 aliphatic carbocycles. The van der Waals surface area contributed by atoms with Gasteiger partial charge in [0.05, 0.1) is 11.3 Å². The van der Waals surface area contributed by atoms with Crippen LogP contribution < -0.4 is 9.62 Å². The lowest BCUT2D eigenvalue weighted by atomic mass is 9.95. The summed E-state index contributed by atoms with van der Waals surface area (Å²) in [6.07, 6.45) is 5.29. The van der Waals surface area contributed by atoms with E-state index in [4.69, 9.17) is 0 Å². The first-order chi connectivity index (χ1) is 12.5. The summed E-state index contributed by atoms with van der Waals surface area (Å²) in [4.78, 5) is 12.8. The highest BCUT2D eigenvalue weighted by molar-refractivity contribution is 7.92. The molecule has 0 unspecified atom stereocenters. The molecule has 3 rings (SSSR count). The van der Waals surface area contributed by atoms with Crippen molar-refractivity contribution in [1.29, 1.82) is 0 Å². The highest BCUT2D eigenvalue weighted by Gasteiger charge is 2.27. The molecule has 0 atom stereocenters. The molecule has 1 N–H and O–H groups in total. The average molecular weight is 372 g/mol. The summed E-state index contributed by atoms with van der Waals surface area (Å²) >= 11 is 0. The van der Waals surface area contributed by atoms with Crippen molar-refractivity contribution in [2.24, 2.45) is 0 Å². The molecular formula is C20H24N2O3S. The molecule has 0 spiro atoms. The Balaban J connectivity index is 1.89. The second-order valence-corrected chi connectivity index (χ2v) is 8.55. The van der Waals surface area contributed by atoms with Crippen LogP contribution in [-0.4, -0.2) is 27.4 Å². The zero-order chi connectivity index (χ0) is 18.6. The number of rotatable bonds is 5. The Morgan fingerprint density at radius 2 is 1.58 bits per heavy atom. The lowest BCUT2D eigenvalue weighted by Crippen LogP contribution is -2.37. The van der Waals surface area contributed by atoms with Gasteiger partial charge in [0.2, 0.25) is 0 Å². The Hall–Kier alpha value is -2.34. The van der Waals surface area contributed by atoms with Crippen LogP contribution in [0.25, 0.3) is 0 Å². The highest BCUT2D eigenvalue weighted by atomic mass is 32.2. The number of anilines is 1. The van der Waals surface area contributed by atoms with Crippen LogP contribution in [0.4, 0.5) is 5.69 Å². The van der Waals surface area contributed by atoms with Crippen LogP contribution in [0.5, 0.6) is 0 Å². The van der Waals surface area contributed by atoms with Crippen LogP contribution in [0.1, 0.15) is 42.5 Å². The van der Waals surface area contributed by atoms with Crippen molar-refractivity contribution in [3.8, 4) is 0 Å². The fraction of sp³-hybridized carbons (Fsp3) is 0.350. The third-order valence-electron chi connectivity index (χ3n) is 4.83. The van der Waals surface area contributed by atoms with Crippen molar-refractivity contribution >= 4 is 21.6 Å². The van der Waals surface area contributed by atoms with E-state index in [-0.39, 0.29) is 22.4 Å². The third-order valence-corrected chi connectivity index (χ3v) is 6.67. The smallest absolute Gasteiger partial charge is 0.264 e. The maximum Gasteiger partial charge on any atom is 0.264 e. The first-order valence-electron chi connectivity index (χ1n) is 8.94. The predicted octanol–water partition coefficient (Wildman–Crippen LogP) is 3.57. The maximum atomic E-state index is 13.1. The number of hydrogen-bond acceptors (Lipinski definition) is 3. The second-order valence-electron chi connectivity index (χ2n) is 6.61. The zero-order valence-corrected chi connectivity index (χ0v) is 15.7. The highest BCUT2D eigenvalue weighted by Crippen LogP contribution is 2.25. The number of carbonyl (C=O) groups excluding carboxylic acids is 1. The number of carbonyl (C=O) groups is 1. The van der Waals surface area contributed by atoms with Crippen molar-refractivity contribution in [2.45, 2.75) is 43.0 Å². The zero-order valence-electron chi connectivity index (χ0n) is 14.9. The van der Waals surface area contributed by atoms with Crippen molar-refractivity contribution in [2.75, 3.05) is 11.4 Å². The standard InChI is InChI=1S/C20H24N2O3S/c1-22(17-12-6-3-7-13-17)26(24,25)19-15-9-8-14-18(19)20(23)21-16-10-4-2-5-11-16/h3,6-9,12-16H,2,4-5,10-11H2,1H3,(H,21,23). The van der Waals surface area contributed by atoms with Gasteiger partial charge in [0, 0.05) is 13.1 Å². The molecule has 5 nitrogen and oxygen atoms in total. The fourth-order valence-corrected chi connectivity index (χ4v) is 4.70. The van der Waals surface area contributed by atoms with Gasteiger partial charge in [-0.15, -0.1) is 0 Å². The van der Waals surface area contributed by atoms with Crippen LogP contribution in [0, 0.1) is 0 Å². The molecule has 0 heterocycles. The molecule has 2 aromatic carbocycles. The summed E-state index contributed by atoms with van der Waals surface area (Å²) in [6.45, 7) is 0. The number of hydrogen-bond donors (Lipinski definition) is 1. The lowest BCUT2D eigenvalue weighted by Gasteiger charge is -2.24. The first-order valence-corrected chi connectivity index (χ1v) is 10.4. The lowest BCUT2D eigenvalue weighted by molar-refractivity contribution is 0.0924. The summed E-state index contributed by atoms with van der Waals surface area (Å²) < 4.78 is 27.4. The Bertz CT molecular complexity index is 860. The number of para-hydroxylation sites is 1. The molecule has 2 aromatic rings. The normalized spacial score (nSPS) is 15.4. The van der Waals surface area contributed by atoms with Crippen molar-refractivity contribution in [3.05, 3.63) is 60.2 Å². The topological polar surface area (TPSA) is 66.5 Å². The van der Waals surface area contributed by atoms with Gasteiger partial charge in [-0.3, -0.25) is 9.10 Å². The molecule has 6 heteroatoms. The largest absolute Gasteiger partial charge is 0.349 e. The van der Waals surface area contributed by atoms with Crippen LogP contribution in [0.3, 0.4) is 0 Å². The molecule has 0 radical (unpaired) electrons. The summed E-state index contributed by atoms with van der Waals surface area (Å²) in [7, 11) is -2.34. The monoisotopic (exact) mass is 372 g/mol. The Morgan fingerprint density at radius 1 is 0.962 bits per heavy atom. The predicted molar refractivity (Wildman–Crippen MR) is 103 cm³/mol. The molecule has 26 heavy (non-hydrogen) atoms. The summed E-state index contributed by atoms with van der Waals surface area (Å²) in [5.74, 6) is -0.322. The molecule has 0 saturated heterocycles. The van der Waals surface area contributed by atoms with Crippen molar-refractivity contribution < 1.29 is 13.2 Å². The van der Waals surface area contributed by atoms with Crippen molar-refractivity contribution in [3.63, 3.8) is 0 Å². The van der Waals surface area contributed by atoms with E-state index in [9.17, 15) is 13.2 Å². The molecule has 1 aliphatic rings. The fourth-order valence-electron chi connectivity index (χ4n) is 3.31. The van der Waals surface area contributed by atoms with Gasteiger partial charge in [0.15, 0.2) is 0 Å². The minimum Gasteiger partial charge on any atom is -0.349 e. The van der Waals surface area contributed by atoms with Crippen LogP contribution in [0.15, 0.2) is 59.5 Å². The quantitative estimate of drug-likeness (QED) is 0.872. The molecule has 1 amide bonds. The number of benzene rings is 2. The number of nitrogens with one attached hydrogen (secondary N) is 1. The van der Waals surface area contributed by atoms with E-state index >= 15 is 0 Å². The van der Waals surface area contributed by atoms with E-state index in [1.807, 2.05) is 6.07 Å². The van der Waals surface area contributed by atoms with Gasteiger partial charge < -0.3 is 5.32 Å². The maximum absolute atomic E-state index is 13.1. The Morgan fingerprint density at radius 3 is 2.27 bits per heavy atom. The van der Waals surface area contributed by atoms with Gasteiger partial charge in [-0.25, -0.2) is 8.42 Å². The van der Waals surface area contributed by atoms with Crippen molar-refractivity contribution in [1.82, 2.24) is 5.32 Å². The minimum absolute atomic E-state index is 0.0275. The van der Waals surface area contributed by atoms with Crippen LogP contribution in [0.2, 0.25) is 0 Å². The van der Waals surface area contributed by atoms with E-state index in [1.165, 1.54) is 23.8 Å². The van der Waals surface area contributed by atoms with Gasteiger partial charge in [0.25, 0.3) is 15.9 Å². The van der Waals surface area contributed by atoms with Gasteiger partial charge in [-0.2, -0.15) is 0 Å². The SMILES string of the molecule is CN(c1ccccc1)S(=O)(=O)c1ccccc1C(=O)NC1CCCCC1. The van der Waals surface area contributed by atoms with Gasteiger partial charge in [-0.1, -0.05) is 49.6 Å². The van der Waals surface area contributed by atoms with Crippen LogP contribution in [-0.2, 0) is 10.0 Å². The van der Waals surface area contributed by atoms with E-state index in [0.29, 0.717) is 5.69 Å². The van der Waals surface area contributed by atoms with E-state index in [2.05, 4.69) is 5.32 Å². The van der Waals surface area contributed by atoms with E-state index in [0.717, 1.165) is 25.7 Å². The minimum atomic E-state index is -3.84. The molecular weight excluding hydrogens is 348 g/mol. The molecule has 1 saturated carbocycles. The summed E-state index contributed by atoms with van der Waals surface area (Å²) in [5, 5.41) is 3.00. The Labute approximate surface area is 155 Å². The van der Waals surface area contributed by atoms with Gasteiger partial charge >= 0.3 is 0 Å². The van der Waals surface area contributed by atoms with E-state index < -0.39 is 10.0 Å². The van der Waals surface area contributed by atoms with Gasteiger partial charge in [0.1, 0.15) is 4.90 Å². The molecule has 0 bridgehead atoms. The molecule has 138 valence electrons. The summed E-state index contributed by atoms with van der Waals surface area (Å²) in [6, 6.07) is 15.4. The first kappa shape index (κ1) is 18.5. The molecule has 0 aromatic heterocycles. The van der Waals surface area contributed by atoms with Crippen LogP contribution >= 0.6 is 0 Å². The Kier molecular flexibility index (Phi) is 5.61. The number of nitrogens with zero attached hydrogens (tertiary/aromatic N) is 1.